The highest BCUT2D eigenvalue weighted by molar-refractivity contribution is 6.19. The van der Waals surface area contributed by atoms with Crippen LogP contribution in [0.3, 0.4) is 0 Å². The normalized spacial score (nSPS) is 11.1. The van der Waals surface area contributed by atoms with E-state index in [0.717, 1.165) is 11.3 Å². The van der Waals surface area contributed by atoms with Crippen LogP contribution < -0.4 is 10.1 Å². The van der Waals surface area contributed by atoms with Crippen LogP contribution in [0.5, 0.6) is 5.75 Å². The highest BCUT2D eigenvalue weighted by Crippen LogP contribution is 2.17. The van der Waals surface area contributed by atoms with Gasteiger partial charge in [0.1, 0.15) is 5.75 Å². The van der Waals surface area contributed by atoms with Gasteiger partial charge in [-0.1, -0.05) is 12.1 Å². The quantitative estimate of drug-likeness (QED) is 0.822. The molecule has 0 spiro atoms. The number of methoxy groups -OCH3 is 1. The van der Waals surface area contributed by atoms with Crippen LogP contribution >= 0.6 is 11.6 Å². The first-order chi connectivity index (χ1) is 7.99. The first kappa shape index (κ1) is 13.8. The zero-order valence-electron chi connectivity index (χ0n) is 10.4. The van der Waals surface area contributed by atoms with Gasteiger partial charge in [0.15, 0.2) is 0 Å². The van der Waals surface area contributed by atoms with Crippen LogP contribution in [0.4, 0.5) is 0 Å². The summed E-state index contributed by atoms with van der Waals surface area (Å²) in [4.78, 5) is 11.8. The van der Waals surface area contributed by atoms with Gasteiger partial charge in [-0.05, 0) is 31.5 Å². The SMILES string of the molecule is COc1cccc(CNC(=O)C(C)(C)CCl)c1. The van der Waals surface area contributed by atoms with E-state index in [2.05, 4.69) is 5.32 Å². The van der Waals surface area contributed by atoms with Crippen molar-refractivity contribution in [2.45, 2.75) is 20.4 Å². The highest BCUT2D eigenvalue weighted by Gasteiger charge is 2.25. The molecule has 0 heterocycles. The summed E-state index contributed by atoms with van der Waals surface area (Å²) in [6.45, 7) is 4.12. The Bertz CT molecular complexity index is 391. The molecule has 0 unspecified atom stereocenters. The number of ether oxygens (including phenoxy) is 1. The Kier molecular flexibility index (Phi) is 4.82. The van der Waals surface area contributed by atoms with Crippen molar-refractivity contribution in [3.8, 4) is 5.75 Å². The third kappa shape index (κ3) is 3.93. The van der Waals surface area contributed by atoms with E-state index in [4.69, 9.17) is 16.3 Å². The fourth-order valence-electron chi connectivity index (χ4n) is 1.26. The van der Waals surface area contributed by atoms with Crippen molar-refractivity contribution in [2.75, 3.05) is 13.0 Å². The largest absolute Gasteiger partial charge is 0.497 e. The standard InChI is InChI=1S/C13H18ClNO2/c1-13(2,9-14)12(16)15-8-10-5-4-6-11(7-10)17-3/h4-7H,8-9H2,1-3H3,(H,15,16). The van der Waals surface area contributed by atoms with Gasteiger partial charge in [0, 0.05) is 12.4 Å². The lowest BCUT2D eigenvalue weighted by Gasteiger charge is -2.20. The number of rotatable bonds is 5. The van der Waals surface area contributed by atoms with E-state index in [1.165, 1.54) is 0 Å². The fraction of sp³-hybridized carbons (Fsp3) is 0.462. The molecule has 0 atom stereocenters. The van der Waals surface area contributed by atoms with Crippen molar-refractivity contribution in [1.82, 2.24) is 5.32 Å². The maximum absolute atomic E-state index is 11.8. The zero-order chi connectivity index (χ0) is 12.9. The summed E-state index contributed by atoms with van der Waals surface area (Å²) < 4.78 is 5.12. The van der Waals surface area contributed by atoms with Gasteiger partial charge in [-0.25, -0.2) is 0 Å². The van der Waals surface area contributed by atoms with Gasteiger partial charge in [0.25, 0.3) is 0 Å². The van der Waals surface area contributed by atoms with Crippen molar-refractivity contribution in [3.05, 3.63) is 29.8 Å². The van der Waals surface area contributed by atoms with E-state index in [1.54, 1.807) is 7.11 Å². The molecule has 1 aromatic carbocycles. The van der Waals surface area contributed by atoms with Gasteiger partial charge in [0.05, 0.1) is 12.5 Å². The Morgan fingerprint density at radius 3 is 2.76 bits per heavy atom. The molecule has 1 rings (SSSR count). The number of halogens is 1. The van der Waals surface area contributed by atoms with Gasteiger partial charge in [-0.2, -0.15) is 0 Å². The smallest absolute Gasteiger partial charge is 0.227 e. The average Bonchev–Trinajstić information content (AvgIpc) is 2.36. The first-order valence-electron chi connectivity index (χ1n) is 5.47. The molecule has 17 heavy (non-hydrogen) atoms. The van der Waals surface area contributed by atoms with Gasteiger partial charge in [0.2, 0.25) is 5.91 Å². The number of benzene rings is 1. The van der Waals surface area contributed by atoms with E-state index in [9.17, 15) is 4.79 Å². The maximum Gasteiger partial charge on any atom is 0.227 e. The van der Waals surface area contributed by atoms with Crippen molar-refractivity contribution in [2.24, 2.45) is 5.41 Å². The van der Waals surface area contributed by atoms with E-state index in [0.29, 0.717) is 12.4 Å². The van der Waals surface area contributed by atoms with Crippen LogP contribution in [0.15, 0.2) is 24.3 Å². The number of hydrogen-bond donors (Lipinski definition) is 1. The van der Waals surface area contributed by atoms with E-state index >= 15 is 0 Å². The topological polar surface area (TPSA) is 38.3 Å². The summed E-state index contributed by atoms with van der Waals surface area (Å²) in [6.07, 6.45) is 0. The lowest BCUT2D eigenvalue weighted by molar-refractivity contribution is -0.128. The van der Waals surface area contributed by atoms with Crippen LogP contribution in [0.25, 0.3) is 0 Å². The van der Waals surface area contributed by atoms with Crippen molar-refractivity contribution < 1.29 is 9.53 Å². The number of nitrogens with one attached hydrogen (secondary N) is 1. The molecule has 0 aliphatic carbocycles. The zero-order valence-corrected chi connectivity index (χ0v) is 11.2. The lowest BCUT2D eigenvalue weighted by Crippen LogP contribution is -2.37. The molecule has 3 nitrogen and oxygen atoms in total. The molecule has 1 N–H and O–H groups in total. The summed E-state index contributed by atoms with van der Waals surface area (Å²) in [7, 11) is 1.62. The number of carbonyl (C=O) groups is 1. The molecule has 1 aromatic rings. The molecule has 4 heteroatoms. The summed E-state index contributed by atoms with van der Waals surface area (Å²) in [6, 6.07) is 7.60. The van der Waals surface area contributed by atoms with Crippen molar-refractivity contribution >= 4 is 17.5 Å². The number of alkyl halides is 1. The van der Waals surface area contributed by atoms with Crippen molar-refractivity contribution in [3.63, 3.8) is 0 Å². The lowest BCUT2D eigenvalue weighted by atomic mass is 9.95. The second-order valence-corrected chi connectivity index (χ2v) is 4.82. The van der Waals surface area contributed by atoms with Crippen LogP contribution in [0.2, 0.25) is 0 Å². The molecule has 1 amide bonds. The molecule has 0 aromatic heterocycles. The van der Waals surface area contributed by atoms with Gasteiger partial charge >= 0.3 is 0 Å². The minimum atomic E-state index is -0.541. The van der Waals surface area contributed by atoms with Gasteiger partial charge < -0.3 is 10.1 Å². The Labute approximate surface area is 107 Å². The molecule has 0 radical (unpaired) electrons. The third-order valence-corrected chi connectivity index (χ3v) is 3.20. The minimum absolute atomic E-state index is 0.0460. The molecule has 94 valence electrons. The molecule has 0 aliphatic heterocycles. The Morgan fingerprint density at radius 1 is 1.47 bits per heavy atom. The minimum Gasteiger partial charge on any atom is -0.497 e. The van der Waals surface area contributed by atoms with Gasteiger partial charge in [-0.3, -0.25) is 4.79 Å². The number of amides is 1. The van der Waals surface area contributed by atoms with E-state index in [1.807, 2.05) is 38.1 Å². The Balaban J connectivity index is 2.58. The van der Waals surface area contributed by atoms with Crippen LogP contribution in [0, 0.1) is 5.41 Å². The monoisotopic (exact) mass is 255 g/mol. The summed E-state index contributed by atoms with van der Waals surface area (Å²) in [5, 5.41) is 2.86. The molecular formula is C13H18ClNO2. The predicted octanol–water partition coefficient (Wildman–Crippen LogP) is 2.58. The van der Waals surface area contributed by atoms with Crippen LogP contribution in [-0.4, -0.2) is 18.9 Å². The molecule has 0 fully saturated rings. The molecule has 0 saturated heterocycles. The van der Waals surface area contributed by atoms with Gasteiger partial charge in [-0.15, -0.1) is 11.6 Å². The maximum atomic E-state index is 11.8. The average molecular weight is 256 g/mol. The van der Waals surface area contributed by atoms with E-state index < -0.39 is 5.41 Å². The molecule has 0 aliphatic rings. The Morgan fingerprint density at radius 2 is 2.18 bits per heavy atom. The van der Waals surface area contributed by atoms with E-state index in [-0.39, 0.29) is 5.91 Å². The summed E-state index contributed by atoms with van der Waals surface area (Å²) >= 11 is 5.74. The second-order valence-electron chi connectivity index (χ2n) is 4.55. The second kappa shape index (κ2) is 5.92. The highest BCUT2D eigenvalue weighted by atomic mass is 35.5. The third-order valence-electron chi connectivity index (χ3n) is 2.54. The van der Waals surface area contributed by atoms with Crippen LogP contribution in [0.1, 0.15) is 19.4 Å². The molecule has 0 saturated carbocycles. The Hall–Kier alpha value is -1.22. The molecule has 0 bridgehead atoms. The fourth-order valence-corrected chi connectivity index (χ4v) is 1.39. The summed E-state index contributed by atoms with van der Waals surface area (Å²) in [5.74, 6) is 1.04. The number of carbonyl (C=O) groups excluding carboxylic acids is 1. The predicted molar refractivity (Wildman–Crippen MR) is 69.3 cm³/mol. The summed E-state index contributed by atoms with van der Waals surface area (Å²) in [5.41, 5.74) is 0.462. The first-order valence-corrected chi connectivity index (χ1v) is 6.00. The van der Waals surface area contributed by atoms with Crippen LogP contribution in [-0.2, 0) is 11.3 Å². The van der Waals surface area contributed by atoms with Crippen molar-refractivity contribution in [1.29, 1.82) is 0 Å². The number of hydrogen-bond acceptors (Lipinski definition) is 2. The molecular weight excluding hydrogens is 238 g/mol.